The largest absolute Gasteiger partial charge is 0.493 e. The Labute approximate surface area is 177 Å². The van der Waals surface area contributed by atoms with E-state index >= 15 is 0 Å². The molecule has 3 rings (SSSR count). The van der Waals surface area contributed by atoms with E-state index in [0.717, 1.165) is 16.8 Å². The van der Waals surface area contributed by atoms with E-state index in [-0.39, 0.29) is 12.4 Å². The number of hydrogen-bond donors (Lipinski definition) is 1. The third-order valence-corrected chi connectivity index (χ3v) is 4.83. The topological polar surface area (TPSA) is 30.5 Å². The van der Waals surface area contributed by atoms with Crippen LogP contribution in [0.4, 0.5) is 10.1 Å². The summed E-state index contributed by atoms with van der Waals surface area (Å²) in [5.74, 6) is 0.646. The van der Waals surface area contributed by atoms with E-state index < -0.39 is 0 Å². The molecule has 0 unspecified atom stereocenters. The van der Waals surface area contributed by atoms with Gasteiger partial charge in [0.25, 0.3) is 0 Å². The number of halogens is 4. The van der Waals surface area contributed by atoms with Gasteiger partial charge in [0.15, 0.2) is 11.5 Å². The Morgan fingerprint density at radius 2 is 1.64 bits per heavy atom. The lowest BCUT2D eigenvalue weighted by molar-refractivity contribution is 0.284. The van der Waals surface area contributed by atoms with Gasteiger partial charge in [0.1, 0.15) is 12.4 Å². The molecule has 3 aromatic carbocycles. The molecule has 0 aliphatic rings. The molecule has 7 heteroatoms. The molecule has 3 aromatic rings. The molecule has 0 bridgehead atoms. The minimum atomic E-state index is -0.294. The highest BCUT2D eigenvalue weighted by Gasteiger charge is 2.13. The first-order valence-electron chi connectivity index (χ1n) is 8.39. The van der Waals surface area contributed by atoms with E-state index in [1.54, 1.807) is 37.4 Å². The monoisotopic (exact) mass is 439 g/mol. The van der Waals surface area contributed by atoms with Gasteiger partial charge < -0.3 is 14.8 Å². The van der Waals surface area contributed by atoms with Gasteiger partial charge in [-0.05, 0) is 53.6 Å². The van der Waals surface area contributed by atoms with Crippen molar-refractivity contribution in [1.29, 1.82) is 0 Å². The summed E-state index contributed by atoms with van der Waals surface area (Å²) in [5, 5.41) is 4.76. The number of rotatable bonds is 7. The molecule has 0 atom stereocenters. The van der Waals surface area contributed by atoms with E-state index in [1.165, 1.54) is 12.1 Å². The van der Waals surface area contributed by atoms with Crippen molar-refractivity contribution in [3.63, 3.8) is 0 Å². The van der Waals surface area contributed by atoms with Crippen LogP contribution in [0.5, 0.6) is 11.5 Å². The van der Waals surface area contributed by atoms with E-state index in [2.05, 4.69) is 5.32 Å². The minimum Gasteiger partial charge on any atom is -0.493 e. The number of anilines is 1. The summed E-state index contributed by atoms with van der Waals surface area (Å²) in [5.41, 5.74) is 2.47. The van der Waals surface area contributed by atoms with Crippen LogP contribution < -0.4 is 14.8 Å². The number of nitrogens with one attached hydrogen (secondary N) is 1. The summed E-state index contributed by atoms with van der Waals surface area (Å²) in [7, 11) is 1.55. The molecular weight excluding hydrogens is 424 g/mol. The summed E-state index contributed by atoms with van der Waals surface area (Å²) >= 11 is 18.5. The van der Waals surface area contributed by atoms with Crippen molar-refractivity contribution in [3.05, 3.63) is 86.6 Å². The maximum atomic E-state index is 13.0. The lowest BCUT2D eigenvalue weighted by Gasteiger charge is -2.15. The molecule has 0 spiro atoms. The molecule has 0 fully saturated rings. The average Bonchev–Trinajstić information content (AvgIpc) is 2.67. The molecule has 0 saturated carbocycles. The standard InChI is InChI=1S/C21H17Cl3FNO2/c1-27-20-9-14(11-26-19-7-4-15(22)10-17(19)23)8-18(24)21(20)28-12-13-2-5-16(25)6-3-13/h2-10,26H,11-12H2,1H3. The number of benzene rings is 3. The quantitative estimate of drug-likeness (QED) is 0.429. The van der Waals surface area contributed by atoms with Gasteiger partial charge in [-0.15, -0.1) is 0 Å². The highest BCUT2D eigenvalue weighted by atomic mass is 35.5. The third-order valence-electron chi connectivity index (χ3n) is 4.00. The summed E-state index contributed by atoms with van der Waals surface area (Å²) < 4.78 is 24.2. The van der Waals surface area contributed by atoms with E-state index in [1.807, 2.05) is 12.1 Å². The first-order valence-corrected chi connectivity index (χ1v) is 9.52. The van der Waals surface area contributed by atoms with Crippen LogP contribution in [-0.4, -0.2) is 7.11 Å². The smallest absolute Gasteiger partial charge is 0.180 e. The van der Waals surface area contributed by atoms with Gasteiger partial charge in [0, 0.05) is 11.6 Å². The van der Waals surface area contributed by atoms with E-state index in [0.29, 0.717) is 33.1 Å². The van der Waals surface area contributed by atoms with Crippen molar-refractivity contribution in [2.75, 3.05) is 12.4 Å². The Hall–Kier alpha value is -2.14. The number of methoxy groups -OCH3 is 1. The molecule has 0 saturated heterocycles. The van der Waals surface area contributed by atoms with Crippen LogP contribution in [0, 0.1) is 5.82 Å². The normalized spacial score (nSPS) is 10.6. The number of hydrogen-bond acceptors (Lipinski definition) is 3. The SMILES string of the molecule is COc1cc(CNc2ccc(Cl)cc2Cl)cc(Cl)c1OCc1ccc(F)cc1. The summed E-state index contributed by atoms with van der Waals surface area (Å²) in [6.45, 7) is 0.726. The Morgan fingerprint density at radius 1 is 0.893 bits per heavy atom. The highest BCUT2D eigenvalue weighted by Crippen LogP contribution is 2.37. The fourth-order valence-corrected chi connectivity index (χ4v) is 3.34. The first-order chi connectivity index (χ1) is 13.5. The van der Waals surface area contributed by atoms with Crippen LogP contribution in [0.2, 0.25) is 15.1 Å². The van der Waals surface area contributed by atoms with Crippen LogP contribution >= 0.6 is 34.8 Å². The summed E-state index contributed by atoms with van der Waals surface area (Å²) in [6.07, 6.45) is 0. The van der Waals surface area contributed by atoms with Gasteiger partial charge in [-0.25, -0.2) is 4.39 Å². The zero-order chi connectivity index (χ0) is 20.1. The van der Waals surface area contributed by atoms with Crippen molar-refractivity contribution in [1.82, 2.24) is 0 Å². The second-order valence-corrected chi connectivity index (χ2v) is 7.25. The van der Waals surface area contributed by atoms with E-state index in [9.17, 15) is 4.39 Å². The Balaban J connectivity index is 1.72. The molecule has 0 radical (unpaired) electrons. The van der Waals surface area contributed by atoms with Gasteiger partial charge in [0.05, 0.1) is 22.8 Å². The molecule has 0 aliphatic carbocycles. The van der Waals surface area contributed by atoms with E-state index in [4.69, 9.17) is 44.3 Å². The molecule has 146 valence electrons. The summed E-state index contributed by atoms with van der Waals surface area (Å²) in [6, 6.07) is 14.9. The predicted molar refractivity (Wildman–Crippen MR) is 113 cm³/mol. The van der Waals surface area contributed by atoms with Crippen molar-refractivity contribution < 1.29 is 13.9 Å². The lowest BCUT2D eigenvalue weighted by atomic mass is 10.2. The maximum absolute atomic E-state index is 13.0. The fraction of sp³-hybridized carbons (Fsp3) is 0.143. The van der Waals surface area contributed by atoms with Gasteiger partial charge in [-0.2, -0.15) is 0 Å². The molecule has 1 N–H and O–H groups in total. The van der Waals surface area contributed by atoms with Gasteiger partial charge >= 0.3 is 0 Å². The van der Waals surface area contributed by atoms with Crippen molar-refractivity contribution in [2.24, 2.45) is 0 Å². The van der Waals surface area contributed by atoms with Crippen molar-refractivity contribution in [3.8, 4) is 11.5 Å². The average molecular weight is 441 g/mol. The molecule has 0 aliphatic heterocycles. The molecule has 28 heavy (non-hydrogen) atoms. The minimum absolute atomic E-state index is 0.244. The Kier molecular flexibility index (Phi) is 6.89. The third kappa shape index (κ3) is 5.22. The van der Waals surface area contributed by atoms with Gasteiger partial charge in [-0.3, -0.25) is 0 Å². The molecule has 0 heterocycles. The summed E-state index contributed by atoms with van der Waals surface area (Å²) in [4.78, 5) is 0. The molecular formula is C21H17Cl3FNO2. The Morgan fingerprint density at radius 3 is 2.32 bits per heavy atom. The maximum Gasteiger partial charge on any atom is 0.180 e. The number of ether oxygens (including phenoxy) is 2. The van der Waals surface area contributed by atoms with Crippen LogP contribution in [0.1, 0.15) is 11.1 Å². The second-order valence-electron chi connectivity index (χ2n) is 6.00. The van der Waals surface area contributed by atoms with Crippen LogP contribution in [-0.2, 0) is 13.2 Å². The van der Waals surface area contributed by atoms with Crippen LogP contribution in [0.3, 0.4) is 0 Å². The van der Waals surface area contributed by atoms with Crippen LogP contribution in [0.15, 0.2) is 54.6 Å². The molecule has 3 nitrogen and oxygen atoms in total. The fourth-order valence-electron chi connectivity index (χ4n) is 2.58. The zero-order valence-corrected chi connectivity index (χ0v) is 17.2. The first kappa shape index (κ1) is 20.6. The molecule has 0 amide bonds. The van der Waals surface area contributed by atoms with Crippen molar-refractivity contribution in [2.45, 2.75) is 13.2 Å². The van der Waals surface area contributed by atoms with Gasteiger partial charge in [0.2, 0.25) is 0 Å². The van der Waals surface area contributed by atoms with Gasteiger partial charge in [-0.1, -0.05) is 46.9 Å². The lowest BCUT2D eigenvalue weighted by Crippen LogP contribution is -2.03. The Bertz CT molecular complexity index is 965. The highest BCUT2D eigenvalue weighted by molar-refractivity contribution is 6.36. The molecule has 0 aromatic heterocycles. The predicted octanol–water partition coefficient (Wildman–Crippen LogP) is 6.99. The van der Waals surface area contributed by atoms with Crippen molar-refractivity contribution >= 4 is 40.5 Å². The van der Waals surface area contributed by atoms with Crippen LogP contribution in [0.25, 0.3) is 0 Å². The zero-order valence-electron chi connectivity index (χ0n) is 14.9. The second kappa shape index (κ2) is 9.37.